The van der Waals surface area contributed by atoms with Gasteiger partial charge in [0.2, 0.25) is 0 Å². The molecule has 0 amide bonds. The summed E-state index contributed by atoms with van der Waals surface area (Å²) in [7, 11) is 0. The van der Waals surface area contributed by atoms with Gasteiger partial charge in [-0.2, -0.15) is 0 Å². The minimum Gasteiger partial charge on any atom is -0.456 e. The van der Waals surface area contributed by atoms with E-state index in [0.29, 0.717) is 34.4 Å². The normalized spacial score (nSPS) is 11.4. The Bertz CT molecular complexity index is 3480. The zero-order valence-corrected chi connectivity index (χ0v) is 33.8. The first kappa shape index (κ1) is 36.7. The van der Waals surface area contributed by atoms with Crippen molar-refractivity contribution < 1.29 is 18.6 Å². The standard InChI is InChI=1S/C52H32N10O2/c1-3-11-43-41(9-1)47(19-23-55-43)61-33-59(49-13-5-7-15-51(49)61)35-25-39(31-53-29-35)63-37-17-21-57-45(27-37)46-28-38(18-22-58-46)64-40-26-36(30-54-32-40)60-34-62(52-16-8-6-14-50(52)60)48-20-24-56-44-12-4-2-10-42(44)48/h1-32H. The SMILES string of the molecule is [c-]1n(-c2ccnc3ccccc23)c2ccccc2[n+]1-c1cncc(Oc2ccnc(-c3cc(Oc4cncc(-[n+]5[c-]n(-c6ccnc7ccccc67)c6ccccc65)c4)ccn3)c2)c1. The highest BCUT2D eigenvalue weighted by Crippen LogP contribution is 2.31. The van der Waals surface area contributed by atoms with Crippen molar-refractivity contribution in [1.29, 1.82) is 0 Å². The van der Waals surface area contributed by atoms with E-state index in [1.165, 1.54) is 0 Å². The molecule has 0 aliphatic heterocycles. The van der Waals surface area contributed by atoms with E-state index < -0.39 is 0 Å². The molecule has 0 saturated heterocycles. The average molecular weight is 829 g/mol. The second kappa shape index (κ2) is 15.4. The van der Waals surface area contributed by atoms with Crippen LogP contribution in [0.2, 0.25) is 0 Å². The molecule has 0 aliphatic rings. The highest BCUT2D eigenvalue weighted by molar-refractivity contribution is 5.90. The molecular formula is C52H32N10O2. The summed E-state index contributed by atoms with van der Waals surface area (Å²) >= 11 is 0. The van der Waals surface area contributed by atoms with E-state index in [9.17, 15) is 0 Å². The van der Waals surface area contributed by atoms with Gasteiger partial charge in [0.1, 0.15) is 23.0 Å². The van der Waals surface area contributed by atoms with Gasteiger partial charge in [-0.1, -0.05) is 84.9 Å². The van der Waals surface area contributed by atoms with Crippen molar-refractivity contribution in [3.8, 4) is 57.1 Å². The summed E-state index contributed by atoms with van der Waals surface area (Å²) in [5.41, 5.74) is 10.5. The number of para-hydroxylation sites is 6. The third-order valence-electron chi connectivity index (χ3n) is 11.0. The lowest BCUT2D eigenvalue weighted by atomic mass is 10.2. The number of pyridine rings is 6. The fraction of sp³-hybridized carbons (Fsp3) is 0. The number of benzene rings is 4. The number of aromatic nitrogens is 10. The molecule has 0 atom stereocenters. The maximum atomic E-state index is 6.40. The molecule has 0 saturated carbocycles. The van der Waals surface area contributed by atoms with Crippen LogP contribution in [0.5, 0.6) is 23.0 Å². The molecule has 302 valence electrons. The molecule has 0 unspecified atom stereocenters. The van der Waals surface area contributed by atoms with E-state index in [0.717, 1.165) is 66.6 Å². The fourth-order valence-electron chi connectivity index (χ4n) is 8.09. The lowest BCUT2D eigenvalue weighted by Gasteiger charge is -2.10. The molecule has 0 aliphatic carbocycles. The zero-order valence-electron chi connectivity index (χ0n) is 33.8. The Morgan fingerprint density at radius 3 is 1.34 bits per heavy atom. The van der Waals surface area contributed by atoms with Crippen molar-refractivity contribution in [2.75, 3.05) is 0 Å². The molecule has 0 radical (unpaired) electrons. The Balaban J connectivity index is 0.812. The summed E-state index contributed by atoms with van der Waals surface area (Å²) in [5.74, 6) is 2.24. The average Bonchev–Trinajstić information content (AvgIpc) is 3.94. The summed E-state index contributed by atoms with van der Waals surface area (Å²) < 4.78 is 20.9. The van der Waals surface area contributed by atoms with Crippen LogP contribution in [0.3, 0.4) is 0 Å². The van der Waals surface area contributed by atoms with Crippen molar-refractivity contribution in [2.45, 2.75) is 0 Å². The van der Waals surface area contributed by atoms with Crippen LogP contribution in [0, 0.1) is 12.7 Å². The summed E-state index contributed by atoms with van der Waals surface area (Å²) in [6, 6.07) is 47.7. The van der Waals surface area contributed by atoms with Gasteiger partial charge in [-0.3, -0.25) is 48.2 Å². The number of rotatable bonds is 9. The molecular weight excluding hydrogens is 797 g/mol. The van der Waals surface area contributed by atoms with E-state index in [1.54, 1.807) is 49.3 Å². The molecule has 0 fully saturated rings. The van der Waals surface area contributed by atoms with Gasteiger partial charge in [-0.15, -0.1) is 0 Å². The van der Waals surface area contributed by atoms with Gasteiger partial charge >= 0.3 is 0 Å². The largest absolute Gasteiger partial charge is 0.456 e. The van der Waals surface area contributed by atoms with Crippen LogP contribution < -0.4 is 18.6 Å². The van der Waals surface area contributed by atoms with Crippen molar-refractivity contribution in [3.05, 3.63) is 208 Å². The Morgan fingerprint density at radius 2 is 0.844 bits per heavy atom. The molecule has 12 heteroatoms. The number of hydrogen-bond donors (Lipinski definition) is 0. The van der Waals surface area contributed by atoms with Crippen molar-refractivity contribution in [2.24, 2.45) is 0 Å². The number of ether oxygens (including phenoxy) is 2. The lowest BCUT2D eigenvalue weighted by molar-refractivity contribution is -0.573. The van der Waals surface area contributed by atoms with Crippen LogP contribution in [0.1, 0.15) is 0 Å². The summed E-state index contributed by atoms with van der Waals surface area (Å²) in [5, 5.41) is 2.06. The van der Waals surface area contributed by atoms with Crippen LogP contribution in [0.25, 0.3) is 78.0 Å². The summed E-state index contributed by atoms with van der Waals surface area (Å²) in [6.07, 6.45) is 21.1. The first-order valence-electron chi connectivity index (χ1n) is 20.5. The maximum Gasteiger partial charge on any atom is 0.269 e. The number of fused-ring (bicyclic) bond motifs is 4. The van der Waals surface area contributed by atoms with Gasteiger partial charge in [0.25, 0.3) is 12.7 Å². The van der Waals surface area contributed by atoms with Gasteiger partial charge < -0.3 is 9.47 Å². The molecule has 12 rings (SSSR count). The van der Waals surface area contributed by atoms with Crippen LogP contribution in [0.15, 0.2) is 195 Å². The predicted molar refractivity (Wildman–Crippen MR) is 241 cm³/mol. The smallest absolute Gasteiger partial charge is 0.269 e. The molecule has 64 heavy (non-hydrogen) atoms. The number of nitrogens with zero attached hydrogens (tertiary/aromatic N) is 10. The summed E-state index contributed by atoms with van der Waals surface area (Å²) in [6.45, 7) is 0. The molecule has 12 aromatic rings. The third-order valence-corrected chi connectivity index (χ3v) is 11.0. The second-order valence-electron chi connectivity index (χ2n) is 14.9. The lowest BCUT2D eigenvalue weighted by Crippen LogP contribution is -2.29. The molecule has 8 heterocycles. The molecule has 0 bridgehead atoms. The van der Waals surface area contributed by atoms with Gasteiger partial charge in [0.15, 0.2) is 0 Å². The van der Waals surface area contributed by atoms with Gasteiger partial charge in [0.05, 0.1) is 79.6 Å². The third kappa shape index (κ3) is 6.59. The first-order valence-corrected chi connectivity index (χ1v) is 20.5. The van der Waals surface area contributed by atoms with Gasteiger partial charge in [-0.25, -0.2) is 0 Å². The Hall–Kier alpha value is -9.16. The fourth-order valence-corrected chi connectivity index (χ4v) is 8.09. The topological polar surface area (TPSA) is 113 Å². The number of hydrogen-bond acceptors (Lipinski definition) is 8. The van der Waals surface area contributed by atoms with Crippen LogP contribution in [-0.4, -0.2) is 39.0 Å². The number of imidazole rings is 2. The van der Waals surface area contributed by atoms with Crippen LogP contribution in [-0.2, 0) is 0 Å². The molecule has 12 nitrogen and oxygen atoms in total. The minimum atomic E-state index is 0.548. The van der Waals surface area contributed by atoms with Crippen LogP contribution >= 0.6 is 0 Å². The second-order valence-corrected chi connectivity index (χ2v) is 14.9. The van der Waals surface area contributed by atoms with E-state index in [4.69, 9.17) is 9.47 Å². The quantitative estimate of drug-likeness (QED) is 0.104. The Morgan fingerprint density at radius 1 is 0.406 bits per heavy atom. The van der Waals surface area contributed by atoms with Crippen molar-refractivity contribution in [3.63, 3.8) is 0 Å². The summed E-state index contributed by atoms with van der Waals surface area (Å²) in [4.78, 5) is 27.5. The highest BCUT2D eigenvalue weighted by Gasteiger charge is 2.17. The van der Waals surface area contributed by atoms with E-state index in [-0.39, 0.29) is 0 Å². The van der Waals surface area contributed by atoms with Crippen molar-refractivity contribution >= 4 is 43.9 Å². The molecule has 0 N–H and O–H groups in total. The van der Waals surface area contributed by atoms with E-state index >= 15 is 0 Å². The Labute approximate surface area is 365 Å². The van der Waals surface area contributed by atoms with E-state index in [2.05, 4.69) is 88.1 Å². The molecule has 8 aromatic heterocycles. The van der Waals surface area contributed by atoms with Gasteiger partial charge in [0, 0.05) is 60.1 Å². The van der Waals surface area contributed by atoms with Crippen LogP contribution in [0.4, 0.5) is 0 Å². The van der Waals surface area contributed by atoms with E-state index in [1.807, 2.05) is 119 Å². The Kier molecular flexibility index (Phi) is 8.82. The molecule has 0 spiro atoms. The van der Waals surface area contributed by atoms with Gasteiger partial charge in [-0.05, 0) is 48.5 Å². The zero-order chi connectivity index (χ0) is 42.4. The first-order chi connectivity index (χ1) is 31.7. The monoisotopic (exact) mass is 828 g/mol. The maximum absolute atomic E-state index is 6.40. The minimum absolute atomic E-state index is 0.548. The molecule has 4 aromatic carbocycles. The highest BCUT2D eigenvalue weighted by atomic mass is 16.5. The predicted octanol–water partition coefficient (Wildman–Crippen LogP) is 9.66. The van der Waals surface area contributed by atoms with Crippen molar-refractivity contribution in [1.82, 2.24) is 39.0 Å².